The first kappa shape index (κ1) is 46.9. The Kier molecular flexibility index (Phi) is 17.2. The number of esters is 1. The van der Waals surface area contributed by atoms with Crippen LogP contribution in [0.25, 0.3) is 0 Å². The number of fused-ring (bicyclic) bond motifs is 3. The van der Waals surface area contributed by atoms with Crippen molar-refractivity contribution in [1.29, 1.82) is 0 Å². The Labute approximate surface area is 339 Å². The van der Waals surface area contributed by atoms with Crippen molar-refractivity contribution in [2.24, 2.45) is 29.6 Å². The maximum atomic E-state index is 14.3. The Morgan fingerprint density at radius 2 is 1.60 bits per heavy atom. The molecule has 1 saturated carbocycles. The van der Waals surface area contributed by atoms with Gasteiger partial charge in [-0.2, -0.15) is 0 Å². The molecule has 3 heterocycles. The zero-order chi connectivity index (χ0) is 42.2. The number of methoxy groups -OCH3 is 3. The molecule has 4 rings (SSSR count). The lowest BCUT2D eigenvalue weighted by Crippen LogP contribution is -2.64. The molecule has 57 heavy (non-hydrogen) atoms. The number of rotatable bonds is 7. The summed E-state index contributed by atoms with van der Waals surface area (Å²) >= 11 is 0. The molecule has 4 aliphatic rings. The van der Waals surface area contributed by atoms with Gasteiger partial charge in [0.1, 0.15) is 24.0 Å². The van der Waals surface area contributed by atoms with Crippen molar-refractivity contribution in [3.63, 3.8) is 0 Å². The molecule has 13 nitrogen and oxygen atoms in total. The van der Waals surface area contributed by atoms with E-state index < -0.39 is 83.9 Å². The average molecular weight is 804 g/mol. The Morgan fingerprint density at radius 3 is 2.25 bits per heavy atom. The van der Waals surface area contributed by atoms with Gasteiger partial charge in [0.25, 0.3) is 11.7 Å². The summed E-state index contributed by atoms with van der Waals surface area (Å²) in [7, 11) is 4.61. The highest BCUT2D eigenvalue weighted by atomic mass is 16.7. The predicted octanol–water partition coefficient (Wildman–Crippen LogP) is 4.64. The summed E-state index contributed by atoms with van der Waals surface area (Å²) in [6.07, 6.45) is 4.93. The number of aliphatic hydroxyl groups is 3. The monoisotopic (exact) mass is 803 g/mol. The highest BCUT2D eigenvalue weighted by Gasteiger charge is 2.56. The van der Waals surface area contributed by atoms with E-state index in [1.165, 1.54) is 19.1 Å². The molecule has 0 aromatic rings. The van der Waals surface area contributed by atoms with Crippen molar-refractivity contribution < 1.29 is 58.2 Å². The number of hydrogen-bond acceptors (Lipinski definition) is 12. The van der Waals surface area contributed by atoms with E-state index >= 15 is 0 Å². The highest BCUT2D eigenvalue weighted by Crippen LogP contribution is 2.39. The molecule has 0 aromatic carbocycles. The summed E-state index contributed by atoms with van der Waals surface area (Å²) < 4.78 is 29.7. The normalized spacial score (nSPS) is 40.1. The molecule has 1 amide bonds. The number of ether oxygens (including phenoxy) is 5. The van der Waals surface area contributed by atoms with Gasteiger partial charge >= 0.3 is 5.97 Å². The van der Waals surface area contributed by atoms with E-state index in [1.807, 2.05) is 32.9 Å². The molecule has 1 unspecified atom stereocenters. The van der Waals surface area contributed by atoms with Gasteiger partial charge in [-0.25, -0.2) is 4.79 Å². The SMILES string of the molecule is C=CCC1C=C(C)C[C@H](C)C[C@H](OC)[C@H]2O[C@@](O)(C(=O)C(=O)N3CCCC[C@H]3C(=O)O[C@H](/C(C)=C/[C@@H]3CC[C@@H](O)[C@H](OC)C3)[C@H](C)[C@@H](O)CC1=O)[C@H](C)C[C@@H]2OC. The molecule has 1 aliphatic carbocycles. The van der Waals surface area contributed by atoms with Crippen molar-refractivity contribution in [2.45, 2.75) is 160 Å². The maximum Gasteiger partial charge on any atom is 0.329 e. The lowest BCUT2D eigenvalue weighted by molar-refractivity contribution is -0.302. The molecule has 0 aromatic heterocycles. The van der Waals surface area contributed by atoms with Gasteiger partial charge in [-0.15, -0.1) is 6.58 Å². The Bertz CT molecular complexity index is 1480. The first-order valence-electron chi connectivity index (χ1n) is 20.9. The third kappa shape index (κ3) is 11.3. The number of aliphatic hydroxyl groups excluding tert-OH is 2. The van der Waals surface area contributed by atoms with Crippen molar-refractivity contribution in [3.8, 4) is 0 Å². The first-order chi connectivity index (χ1) is 27.0. The molecule has 3 N–H and O–H groups in total. The number of cyclic esters (lactones) is 1. The number of piperidine rings is 1. The second-order valence-electron chi connectivity index (χ2n) is 17.3. The Morgan fingerprint density at radius 1 is 0.930 bits per heavy atom. The molecule has 2 saturated heterocycles. The van der Waals surface area contributed by atoms with Crippen molar-refractivity contribution in [3.05, 3.63) is 36.0 Å². The molecule has 2 bridgehead atoms. The average Bonchev–Trinajstić information content (AvgIpc) is 3.18. The van der Waals surface area contributed by atoms with Crippen LogP contribution in [-0.4, -0.2) is 126 Å². The van der Waals surface area contributed by atoms with Crippen LogP contribution in [0.15, 0.2) is 36.0 Å². The lowest BCUT2D eigenvalue weighted by Gasteiger charge is -2.47. The topological polar surface area (TPSA) is 178 Å². The van der Waals surface area contributed by atoms with E-state index in [9.17, 15) is 34.5 Å². The van der Waals surface area contributed by atoms with Crippen LogP contribution in [-0.2, 0) is 42.9 Å². The predicted molar refractivity (Wildman–Crippen MR) is 213 cm³/mol. The largest absolute Gasteiger partial charge is 0.456 e. The van der Waals surface area contributed by atoms with Crippen LogP contribution in [0.1, 0.15) is 105 Å². The molecule has 322 valence electrons. The van der Waals surface area contributed by atoms with E-state index in [2.05, 4.69) is 6.58 Å². The summed E-state index contributed by atoms with van der Waals surface area (Å²) in [6.45, 7) is 13.1. The Hall–Kier alpha value is -2.78. The minimum absolute atomic E-state index is 0.00988. The summed E-state index contributed by atoms with van der Waals surface area (Å²) in [5.74, 6) is -7.76. The van der Waals surface area contributed by atoms with Crippen molar-refractivity contribution >= 4 is 23.4 Å². The molecule has 0 spiro atoms. The standard InChI is InChI=1S/C44H69NO12/c1-10-13-31-19-25(2)18-26(3)20-37(54-8)40-38(55-9)22-28(5)44(52,57-40)41(49)42(50)45-17-12-11-14-32(45)43(51)56-39(29(6)34(47)24-35(31)48)27(4)21-30-15-16-33(46)36(23-30)53-7/h10,19,21,26,28-34,36-40,46-47,52H,1,11-18,20,22-24H2,2-9H3/b25-19?,27-21+/t26-,28+,29+,30-,31?,32-,33+,34-,36+,37-,38-,39+,40+,44+/m0/s1. The van der Waals surface area contributed by atoms with Crippen molar-refractivity contribution in [1.82, 2.24) is 4.90 Å². The molecular weight excluding hydrogens is 734 g/mol. The number of amides is 1. The summed E-state index contributed by atoms with van der Waals surface area (Å²) in [4.78, 5) is 57.8. The quantitative estimate of drug-likeness (QED) is 0.185. The van der Waals surface area contributed by atoms with Crippen LogP contribution in [0.2, 0.25) is 0 Å². The van der Waals surface area contributed by atoms with Gasteiger partial charge in [0.05, 0.1) is 30.5 Å². The van der Waals surface area contributed by atoms with Crippen LogP contribution >= 0.6 is 0 Å². The van der Waals surface area contributed by atoms with Gasteiger partial charge in [-0.05, 0) is 95.5 Å². The molecule has 0 radical (unpaired) electrons. The molecule has 14 atom stereocenters. The van der Waals surface area contributed by atoms with Gasteiger partial charge < -0.3 is 43.9 Å². The summed E-state index contributed by atoms with van der Waals surface area (Å²) in [5, 5.41) is 34.1. The number of nitrogens with zero attached hydrogens (tertiary/aromatic N) is 1. The van der Waals surface area contributed by atoms with Crippen LogP contribution in [0.4, 0.5) is 0 Å². The number of ketones is 2. The summed E-state index contributed by atoms with van der Waals surface area (Å²) in [5.41, 5.74) is 1.61. The van der Waals surface area contributed by atoms with E-state index in [-0.39, 0.29) is 49.5 Å². The van der Waals surface area contributed by atoms with Crippen LogP contribution < -0.4 is 0 Å². The summed E-state index contributed by atoms with van der Waals surface area (Å²) in [6, 6.07) is -1.14. The second kappa shape index (κ2) is 21.0. The van der Waals surface area contributed by atoms with Crippen LogP contribution in [0.3, 0.4) is 0 Å². The smallest absolute Gasteiger partial charge is 0.329 e. The Balaban J connectivity index is 1.78. The fourth-order valence-electron chi connectivity index (χ4n) is 9.42. The third-order valence-corrected chi connectivity index (χ3v) is 12.9. The zero-order valence-corrected chi connectivity index (χ0v) is 35.4. The molecule has 3 fully saturated rings. The molecule has 3 aliphatic heterocycles. The van der Waals surface area contributed by atoms with Gasteiger partial charge in [-0.3, -0.25) is 14.4 Å². The van der Waals surface area contributed by atoms with E-state index in [0.29, 0.717) is 56.9 Å². The molecular formula is C44H69NO12. The van der Waals surface area contributed by atoms with Crippen molar-refractivity contribution in [2.75, 3.05) is 27.9 Å². The minimum Gasteiger partial charge on any atom is -0.456 e. The minimum atomic E-state index is -2.51. The van der Waals surface area contributed by atoms with Gasteiger partial charge in [-0.1, -0.05) is 44.6 Å². The van der Waals surface area contributed by atoms with Crippen LogP contribution in [0.5, 0.6) is 0 Å². The third-order valence-electron chi connectivity index (χ3n) is 12.9. The highest BCUT2D eigenvalue weighted by molar-refractivity contribution is 6.39. The van der Waals surface area contributed by atoms with E-state index in [0.717, 1.165) is 5.57 Å². The van der Waals surface area contributed by atoms with E-state index in [1.54, 1.807) is 27.0 Å². The lowest BCUT2D eigenvalue weighted by atomic mass is 9.81. The number of Topliss-reactive ketones (excluding diaryl/α,β-unsaturated/α-hetero) is 2. The number of allylic oxidation sites excluding steroid dienone is 4. The zero-order valence-electron chi connectivity index (χ0n) is 35.4. The maximum absolute atomic E-state index is 14.3. The van der Waals surface area contributed by atoms with Gasteiger partial charge in [0.15, 0.2) is 0 Å². The second-order valence-corrected chi connectivity index (χ2v) is 17.3. The molecule has 13 heteroatoms. The number of carbonyl (C=O) groups is 4. The van der Waals surface area contributed by atoms with Gasteiger partial charge in [0.2, 0.25) is 5.79 Å². The number of carbonyl (C=O) groups excluding carboxylic acids is 4. The van der Waals surface area contributed by atoms with Gasteiger partial charge in [0, 0.05) is 52.0 Å². The first-order valence-corrected chi connectivity index (χ1v) is 20.9. The fraction of sp³-hybridized carbons (Fsp3) is 0.773. The number of hydrogen-bond donors (Lipinski definition) is 3. The van der Waals surface area contributed by atoms with E-state index in [4.69, 9.17) is 23.7 Å². The van der Waals surface area contributed by atoms with Crippen LogP contribution in [0, 0.1) is 29.6 Å². The fourth-order valence-corrected chi connectivity index (χ4v) is 9.42.